The van der Waals surface area contributed by atoms with Gasteiger partial charge in [0.05, 0.1) is 17.5 Å². The zero-order valence-electron chi connectivity index (χ0n) is 13.9. The topological polar surface area (TPSA) is 69.7 Å². The average Bonchev–Trinajstić information content (AvgIpc) is 2.53. The number of benzene rings is 1. The summed E-state index contributed by atoms with van der Waals surface area (Å²) in [6.07, 6.45) is -2.59. The minimum absolute atomic E-state index is 0.221. The number of para-hydroxylation sites is 1. The standard InChI is InChI=1S/C15H20F3N3O3S/c1-20(25(2,23)24)11-7-9-21(10-8-11)14(22)19-13-6-4-3-5-12(13)15(16,17)18/h3-6,11H,7-10H2,1-2H3,(H,19,22). The van der Waals surface area contributed by atoms with Gasteiger partial charge in [-0.2, -0.15) is 13.2 Å². The van der Waals surface area contributed by atoms with Gasteiger partial charge in [-0.3, -0.25) is 0 Å². The lowest BCUT2D eigenvalue weighted by molar-refractivity contribution is -0.136. The Morgan fingerprint density at radius 2 is 1.80 bits per heavy atom. The lowest BCUT2D eigenvalue weighted by atomic mass is 10.1. The summed E-state index contributed by atoms with van der Waals surface area (Å²) in [6, 6.07) is 3.93. The lowest BCUT2D eigenvalue weighted by Gasteiger charge is -2.35. The van der Waals surface area contributed by atoms with E-state index >= 15 is 0 Å². The van der Waals surface area contributed by atoms with Gasteiger partial charge in [0.2, 0.25) is 10.0 Å². The summed E-state index contributed by atoms with van der Waals surface area (Å²) >= 11 is 0. The second-order valence-corrected chi connectivity index (χ2v) is 8.01. The van der Waals surface area contributed by atoms with Gasteiger partial charge in [-0.1, -0.05) is 12.1 Å². The van der Waals surface area contributed by atoms with Crippen molar-refractivity contribution in [2.45, 2.75) is 25.1 Å². The number of urea groups is 1. The van der Waals surface area contributed by atoms with E-state index in [-0.39, 0.29) is 24.8 Å². The molecule has 1 aliphatic rings. The van der Waals surface area contributed by atoms with Gasteiger partial charge in [-0.05, 0) is 25.0 Å². The molecule has 0 bridgehead atoms. The SMILES string of the molecule is CN(C1CCN(C(=O)Nc2ccccc2C(F)(F)F)CC1)S(C)(=O)=O. The highest BCUT2D eigenvalue weighted by Gasteiger charge is 2.34. The molecule has 1 aliphatic heterocycles. The molecule has 1 aromatic carbocycles. The third-order valence-corrected chi connectivity index (χ3v) is 5.61. The van der Waals surface area contributed by atoms with Crippen LogP contribution >= 0.6 is 0 Å². The van der Waals surface area contributed by atoms with Crippen molar-refractivity contribution in [3.8, 4) is 0 Å². The number of halogens is 3. The van der Waals surface area contributed by atoms with E-state index in [2.05, 4.69) is 5.32 Å². The molecular weight excluding hydrogens is 359 g/mol. The molecule has 1 aromatic rings. The number of piperidine rings is 1. The Hall–Kier alpha value is -1.81. The number of nitrogens with one attached hydrogen (secondary N) is 1. The molecule has 0 saturated carbocycles. The van der Waals surface area contributed by atoms with Crippen LogP contribution in [0, 0.1) is 0 Å². The number of hydrogen-bond acceptors (Lipinski definition) is 3. The van der Waals surface area contributed by atoms with Crippen LogP contribution < -0.4 is 5.32 Å². The molecule has 1 N–H and O–H groups in total. The van der Waals surface area contributed by atoms with Crippen molar-refractivity contribution in [1.82, 2.24) is 9.21 Å². The van der Waals surface area contributed by atoms with E-state index in [4.69, 9.17) is 0 Å². The van der Waals surface area contributed by atoms with Gasteiger partial charge in [0.1, 0.15) is 0 Å². The van der Waals surface area contributed by atoms with E-state index in [9.17, 15) is 26.4 Å². The third-order valence-electron chi connectivity index (χ3n) is 4.26. The summed E-state index contributed by atoms with van der Waals surface area (Å²) in [5.74, 6) is 0. The van der Waals surface area contributed by atoms with E-state index in [1.165, 1.54) is 34.5 Å². The van der Waals surface area contributed by atoms with Crippen molar-refractivity contribution >= 4 is 21.7 Å². The number of sulfonamides is 1. The molecule has 1 saturated heterocycles. The van der Waals surface area contributed by atoms with Crippen LogP contribution in [0.5, 0.6) is 0 Å². The Balaban J connectivity index is 2.01. The molecule has 1 heterocycles. The fraction of sp³-hybridized carbons (Fsp3) is 0.533. The number of nitrogens with zero attached hydrogens (tertiary/aromatic N) is 2. The number of anilines is 1. The molecule has 0 unspecified atom stereocenters. The van der Waals surface area contributed by atoms with Crippen LogP contribution in [0.3, 0.4) is 0 Å². The highest BCUT2D eigenvalue weighted by Crippen LogP contribution is 2.34. The number of rotatable bonds is 3. The fourth-order valence-electron chi connectivity index (χ4n) is 2.74. The summed E-state index contributed by atoms with van der Waals surface area (Å²) in [7, 11) is -1.84. The smallest absolute Gasteiger partial charge is 0.324 e. The molecule has 0 spiro atoms. The van der Waals surface area contributed by atoms with Gasteiger partial charge < -0.3 is 10.2 Å². The molecule has 1 fully saturated rings. The van der Waals surface area contributed by atoms with Crippen molar-refractivity contribution in [2.24, 2.45) is 0 Å². The minimum atomic E-state index is -4.56. The molecule has 2 rings (SSSR count). The van der Waals surface area contributed by atoms with E-state index in [0.717, 1.165) is 12.3 Å². The normalized spacial score (nSPS) is 17.0. The van der Waals surface area contributed by atoms with Crippen LogP contribution in [0.2, 0.25) is 0 Å². The van der Waals surface area contributed by atoms with Gasteiger partial charge in [0.25, 0.3) is 0 Å². The van der Waals surface area contributed by atoms with Crippen molar-refractivity contribution in [1.29, 1.82) is 0 Å². The van der Waals surface area contributed by atoms with Crippen molar-refractivity contribution < 1.29 is 26.4 Å². The molecule has 25 heavy (non-hydrogen) atoms. The van der Waals surface area contributed by atoms with Gasteiger partial charge >= 0.3 is 12.2 Å². The summed E-state index contributed by atoms with van der Waals surface area (Å²) in [5, 5.41) is 2.30. The molecule has 10 heteroatoms. The fourth-order valence-corrected chi connectivity index (χ4v) is 3.49. The first kappa shape index (κ1) is 19.5. The Morgan fingerprint density at radius 3 is 2.32 bits per heavy atom. The Bertz CT molecular complexity index is 729. The van der Waals surface area contributed by atoms with Crippen LogP contribution in [-0.4, -0.2) is 56.1 Å². The molecular formula is C15H20F3N3O3S. The first-order chi connectivity index (χ1) is 11.5. The maximum atomic E-state index is 13.0. The van der Waals surface area contributed by atoms with Crippen molar-refractivity contribution in [2.75, 3.05) is 31.7 Å². The van der Waals surface area contributed by atoms with E-state index in [1.54, 1.807) is 0 Å². The maximum absolute atomic E-state index is 13.0. The largest absolute Gasteiger partial charge is 0.418 e. The molecule has 2 amide bonds. The molecule has 0 aliphatic carbocycles. The first-order valence-electron chi connectivity index (χ1n) is 7.65. The van der Waals surface area contributed by atoms with Crippen LogP contribution in [0.15, 0.2) is 24.3 Å². The Labute approximate surface area is 144 Å². The first-order valence-corrected chi connectivity index (χ1v) is 9.50. The summed E-state index contributed by atoms with van der Waals surface area (Å²) in [5.41, 5.74) is -1.20. The van der Waals surface area contributed by atoms with E-state index in [0.29, 0.717) is 12.8 Å². The average molecular weight is 379 g/mol. The van der Waals surface area contributed by atoms with Crippen LogP contribution in [0.4, 0.5) is 23.7 Å². The van der Waals surface area contributed by atoms with Gasteiger partial charge in [-0.15, -0.1) is 0 Å². The van der Waals surface area contributed by atoms with Crippen molar-refractivity contribution in [3.05, 3.63) is 29.8 Å². The highest BCUT2D eigenvalue weighted by molar-refractivity contribution is 7.88. The highest BCUT2D eigenvalue weighted by atomic mass is 32.2. The number of amides is 2. The van der Waals surface area contributed by atoms with Crippen LogP contribution in [-0.2, 0) is 16.2 Å². The van der Waals surface area contributed by atoms with Gasteiger partial charge in [0.15, 0.2) is 0 Å². The Morgan fingerprint density at radius 1 is 1.24 bits per heavy atom. The molecule has 140 valence electrons. The molecule has 0 radical (unpaired) electrons. The second-order valence-electron chi connectivity index (χ2n) is 5.97. The minimum Gasteiger partial charge on any atom is -0.324 e. The maximum Gasteiger partial charge on any atom is 0.418 e. The predicted octanol–water partition coefficient (Wildman–Crippen LogP) is 2.59. The number of likely N-dealkylation sites (tertiary alicyclic amines) is 1. The van der Waals surface area contributed by atoms with E-state index in [1.807, 2.05) is 0 Å². The number of alkyl halides is 3. The zero-order chi connectivity index (χ0) is 18.8. The zero-order valence-corrected chi connectivity index (χ0v) is 14.7. The van der Waals surface area contributed by atoms with E-state index < -0.39 is 27.8 Å². The number of carbonyl (C=O) groups excluding carboxylic acids is 1. The second kappa shape index (κ2) is 7.20. The lowest BCUT2D eigenvalue weighted by Crippen LogP contribution is -2.48. The monoisotopic (exact) mass is 379 g/mol. The number of hydrogen-bond donors (Lipinski definition) is 1. The molecule has 0 aromatic heterocycles. The van der Waals surface area contributed by atoms with Gasteiger partial charge in [0, 0.05) is 26.2 Å². The number of carbonyl (C=O) groups is 1. The van der Waals surface area contributed by atoms with Crippen molar-refractivity contribution in [3.63, 3.8) is 0 Å². The van der Waals surface area contributed by atoms with Crippen LogP contribution in [0.1, 0.15) is 18.4 Å². The summed E-state index contributed by atoms with van der Waals surface area (Å²) in [6.45, 7) is 0.537. The van der Waals surface area contributed by atoms with Crippen LogP contribution in [0.25, 0.3) is 0 Å². The molecule has 6 nitrogen and oxygen atoms in total. The Kier molecular flexibility index (Phi) is 5.62. The molecule has 0 atom stereocenters. The predicted molar refractivity (Wildman–Crippen MR) is 87.7 cm³/mol. The quantitative estimate of drug-likeness (QED) is 0.878. The van der Waals surface area contributed by atoms with Gasteiger partial charge in [-0.25, -0.2) is 17.5 Å². The summed E-state index contributed by atoms with van der Waals surface area (Å²) < 4.78 is 63.3. The third kappa shape index (κ3) is 4.85. The summed E-state index contributed by atoms with van der Waals surface area (Å²) in [4.78, 5) is 13.6.